The number of methoxy groups -OCH3 is 1. The molecular weight excluding hydrogens is 558 g/mol. The van der Waals surface area contributed by atoms with Crippen molar-refractivity contribution in [3.63, 3.8) is 0 Å². The second kappa shape index (κ2) is 10.9. The minimum absolute atomic E-state index is 0.117. The second-order valence-electron chi connectivity index (χ2n) is 10.7. The molecule has 4 heterocycles. The lowest BCUT2D eigenvalue weighted by Crippen LogP contribution is -2.35. The molecule has 42 heavy (non-hydrogen) atoms. The van der Waals surface area contributed by atoms with Crippen molar-refractivity contribution in [2.45, 2.75) is 45.3 Å². The molecule has 7 rings (SSSR count). The Morgan fingerprint density at radius 1 is 1.10 bits per heavy atom. The van der Waals surface area contributed by atoms with Gasteiger partial charge in [-0.15, -0.1) is 0 Å². The third-order valence-corrected chi connectivity index (χ3v) is 8.31. The van der Waals surface area contributed by atoms with Crippen molar-refractivity contribution in [1.82, 2.24) is 24.0 Å². The fraction of sp³-hybridized carbons (Fsp3) is 0.323. The number of carboxylic acid groups (broad SMARTS) is 1. The summed E-state index contributed by atoms with van der Waals surface area (Å²) < 4.78 is 21.8. The number of nitrogens with zero attached hydrogens (tertiary/aromatic N) is 5. The molecule has 0 radical (unpaired) electrons. The van der Waals surface area contributed by atoms with Gasteiger partial charge in [0, 0.05) is 30.3 Å². The van der Waals surface area contributed by atoms with Crippen LogP contribution in [-0.2, 0) is 37.5 Å². The zero-order valence-electron chi connectivity index (χ0n) is 23.1. The van der Waals surface area contributed by atoms with Gasteiger partial charge in [-0.3, -0.25) is 4.90 Å². The number of carbonyl (C=O) groups is 1. The summed E-state index contributed by atoms with van der Waals surface area (Å²) in [7, 11) is 1.62. The van der Waals surface area contributed by atoms with Gasteiger partial charge in [-0.25, -0.2) is 14.8 Å². The first-order valence-electron chi connectivity index (χ1n) is 14.0. The van der Waals surface area contributed by atoms with Gasteiger partial charge in [0.1, 0.15) is 35.3 Å². The predicted molar refractivity (Wildman–Crippen MR) is 157 cm³/mol. The Hall–Kier alpha value is -4.12. The van der Waals surface area contributed by atoms with Crippen molar-refractivity contribution in [2.75, 3.05) is 20.3 Å². The molecule has 0 saturated carbocycles. The van der Waals surface area contributed by atoms with E-state index in [2.05, 4.69) is 20.1 Å². The molecule has 0 spiro atoms. The van der Waals surface area contributed by atoms with E-state index in [1.165, 1.54) is 0 Å². The topological polar surface area (TPSA) is 104 Å². The van der Waals surface area contributed by atoms with E-state index in [1.54, 1.807) is 31.4 Å². The van der Waals surface area contributed by atoms with Crippen LogP contribution in [-0.4, -0.2) is 61.4 Å². The zero-order chi connectivity index (χ0) is 28.8. The Balaban J connectivity index is 1.14. The standard InChI is InChI=1S/C31H30ClN5O5/c1-40-27-14-21(32)7-5-20(27)18-42-26-4-2-3-24-30(26)34-29-17-35(10-11-36(24)29)16-28-33-23-8-6-19(31(38)39)13-25(23)37(28)15-22-9-12-41-22/h2-8,13-14,22H,9-12,15-18H2,1H3,(H,38,39)/t22-/m0/s1. The summed E-state index contributed by atoms with van der Waals surface area (Å²) in [5, 5.41) is 10.2. The highest BCUT2D eigenvalue weighted by molar-refractivity contribution is 6.30. The van der Waals surface area contributed by atoms with E-state index >= 15 is 0 Å². The Morgan fingerprint density at radius 3 is 2.76 bits per heavy atom. The molecule has 3 aromatic carbocycles. The molecule has 5 aromatic rings. The van der Waals surface area contributed by atoms with E-state index < -0.39 is 5.97 Å². The molecule has 1 saturated heterocycles. The van der Waals surface area contributed by atoms with Gasteiger partial charge in [0.05, 0.1) is 55.0 Å². The van der Waals surface area contributed by atoms with Crippen molar-refractivity contribution in [3.05, 3.63) is 82.4 Å². The predicted octanol–water partition coefficient (Wildman–Crippen LogP) is 5.13. The number of rotatable bonds is 9. The van der Waals surface area contributed by atoms with Gasteiger partial charge in [0.25, 0.3) is 0 Å². The third-order valence-electron chi connectivity index (χ3n) is 8.08. The van der Waals surface area contributed by atoms with Crippen LogP contribution < -0.4 is 9.47 Å². The Bertz CT molecular complexity index is 1810. The smallest absolute Gasteiger partial charge is 0.335 e. The summed E-state index contributed by atoms with van der Waals surface area (Å²) in [5.74, 6) is 2.32. The van der Waals surface area contributed by atoms with Crippen LogP contribution in [0.3, 0.4) is 0 Å². The normalized spacial score (nSPS) is 16.9. The minimum Gasteiger partial charge on any atom is -0.496 e. The minimum atomic E-state index is -0.948. The molecule has 1 atom stereocenters. The molecular formula is C31H30ClN5O5. The van der Waals surface area contributed by atoms with Gasteiger partial charge < -0.3 is 28.5 Å². The highest BCUT2D eigenvalue weighted by Crippen LogP contribution is 2.31. The lowest BCUT2D eigenvalue weighted by molar-refractivity contribution is -0.0592. The van der Waals surface area contributed by atoms with Crippen LogP contribution in [0.25, 0.3) is 22.1 Å². The van der Waals surface area contributed by atoms with Crippen LogP contribution in [0, 0.1) is 0 Å². The van der Waals surface area contributed by atoms with Crippen LogP contribution in [0.2, 0.25) is 5.02 Å². The van der Waals surface area contributed by atoms with Crippen LogP contribution in [0.15, 0.2) is 54.6 Å². The Labute approximate surface area is 247 Å². The molecule has 1 N–H and O–H groups in total. The highest BCUT2D eigenvalue weighted by Gasteiger charge is 2.26. The average molecular weight is 588 g/mol. The number of carboxylic acids is 1. The summed E-state index contributed by atoms with van der Waals surface area (Å²) in [5.41, 5.74) is 4.64. The molecule has 1 fully saturated rings. The van der Waals surface area contributed by atoms with Crippen LogP contribution in [0.1, 0.15) is 34.0 Å². The van der Waals surface area contributed by atoms with E-state index in [0.29, 0.717) is 37.0 Å². The summed E-state index contributed by atoms with van der Waals surface area (Å²) in [4.78, 5) is 23.9. The first-order chi connectivity index (χ1) is 20.5. The van der Waals surface area contributed by atoms with Crippen LogP contribution in [0.5, 0.6) is 11.5 Å². The maximum absolute atomic E-state index is 11.6. The van der Waals surface area contributed by atoms with Gasteiger partial charge >= 0.3 is 5.97 Å². The molecule has 0 aliphatic carbocycles. The number of para-hydroxylation sites is 1. The SMILES string of the molecule is COc1cc(Cl)ccc1COc1cccc2c1nc1n2CCN(Cc2nc3ccc(C(=O)O)cc3n2C[C@@H]2CCO2)C1. The number of imidazole rings is 2. The quantitative estimate of drug-likeness (QED) is 0.253. The lowest BCUT2D eigenvalue weighted by atomic mass is 10.1. The maximum Gasteiger partial charge on any atom is 0.335 e. The molecule has 0 unspecified atom stereocenters. The van der Waals surface area contributed by atoms with E-state index in [4.69, 9.17) is 35.8 Å². The number of aromatic carboxylic acids is 1. The molecule has 11 heteroatoms. The summed E-state index contributed by atoms with van der Waals surface area (Å²) in [6.45, 7) is 4.63. The second-order valence-corrected chi connectivity index (χ2v) is 11.1. The first-order valence-corrected chi connectivity index (χ1v) is 14.3. The van der Waals surface area contributed by atoms with Crippen molar-refractivity contribution >= 4 is 39.6 Å². The fourth-order valence-corrected chi connectivity index (χ4v) is 5.93. The lowest BCUT2D eigenvalue weighted by Gasteiger charge is -2.30. The van der Waals surface area contributed by atoms with E-state index in [0.717, 1.165) is 71.1 Å². The first kappa shape index (κ1) is 26.8. The molecule has 0 bridgehead atoms. The number of hydrogen-bond donors (Lipinski definition) is 1. The highest BCUT2D eigenvalue weighted by atomic mass is 35.5. The fourth-order valence-electron chi connectivity index (χ4n) is 5.77. The number of aromatic nitrogens is 4. The van der Waals surface area contributed by atoms with Crippen molar-refractivity contribution in [2.24, 2.45) is 0 Å². The van der Waals surface area contributed by atoms with Crippen molar-refractivity contribution in [3.8, 4) is 11.5 Å². The molecule has 2 aliphatic heterocycles. The maximum atomic E-state index is 11.6. The zero-order valence-corrected chi connectivity index (χ0v) is 23.9. The Kier molecular flexibility index (Phi) is 6.97. The molecule has 2 aliphatic rings. The van der Waals surface area contributed by atoms with Gasteiger partial charge in [-0.1, -0.05) is 23.7 Å². The molecule has 216 valence electrons. The summed E-state index contributed by atoms with van der Waals surface area (Å²) >= 11 is 6.12. The van der Waals surface area contributed by atoms with E-state index in [9.17, 15) is 9.90 Å². The summed E-state index contributed by atoms with van der Waals surface area (Å²) in [6, 6.07) is 16.6. The monoisotopic (exact) mass is 587 g/mol. The number of halogens is 1. The van der Waals surface area contributed by atoms with Gasteiger partial charge in [-0.05, 0) is 48.9 Å². The average Bonchev–Trinajstić information content (AvgIpc) is 3.51. The number of hydrogen-bond acceptors (Lipinski definition) is 7. The van der Waals surface area contributed by atoms with Crippen molar-refractivity contribution < 1.29 is 24.1 Å². The van der Waals surface area contributed by atoms with E-state index in [-0.39, 0.29) is 11.7 Å². The van der Waals surface area contributed by atoms with Crippen LogP contribution in [0.4, 0.5) is 0 Å². The third kappa shape index (κ3) is 4.95. The van der Waals surface area contributed by atoms with Crippen LogP contribution >= 0.6 is 11.6 Å². The number of benzene rings is 3. The molecule has 2 aromatic heterocycles. The number of fused-ring (bicyclic) bond motifs is 4. The van der Waals surface area contributed by atoms with Crippen molar-refractivity contribution in [1.29, 1.82) is 0 Å². The molecule has 10 nitrogen and oxygen atoms in total. The molecule has 0 amide bonds. The van der Waals surface area contributed by atoms with Gasteiger partial charge in [0.2, 0.25) is 0 Å². The van der Waals surface area contributed by atoms with E-state index in [1.807, 2.05) is 24.3 Å². The summed E-state index contributed by atoms with van der Waals surface area (Å²) in [6.07, 6.45) is 1.10. The van der Waals surface area contributed by atoms with Gasteiger partial charge in [0.15, 0.2) is 0 Å². The largest absolute Gasteiger partial charge is 0.496 e. The number of ether oxygens (including phenoxy) is 3. The van der Waals surface area contributed by atoms with Gasteiger partial charge in [-0.2, -0.15) is 0 Å². The Morgan fingerprint density at radius 2 is 1.98 bits per heavy atom.